The smallest absolute Gasteiger partial charge is 0.00205 e. The summed E-state index contributed by atoms with van der Waals surface area (Å²) in [6.45, 7) is 3.20. The Hall–Kier alpha value is -0.0400. The minimum Gasteiger partial charge on any atom is -0.330 e. The van der Waals surface area contributed by atoms with Crippen molar-refractivity contribution in [3.63, 3.8) is 0 Å². The van der Waals surface area contributed by atoms with Crippen LogP contribution in [0.15, 0.2) is 0 Å². The lowest BCUT2D eigenvalue weighted by atomic mass is 9.98. The molecule has 0 amide bonds. The van der Waals surface area contributed by atoms with Crippen LogP contribution in [-0.4, -0.2) is 6.54 Å². The normalized spacial score (nSPS) is 19.5. The van der Waals surface area contributed by atoms with E-state index in [2.05, 4.69) is 6.92 Å². The van der Waals surface area contributed by atoms with Gasteiger partial charge >= 0.3 is 0 Å². The number of unbranched alkanes of at least 4 members (excludes halogenated alkanes) is 4. The third-order valence-corrected chi connectivity index (χ3v) is 3.20. The van der Waals surface area contributed by atoms with Crippen LogP contribution < -0.4 is 5.73 Å². The summed E-state index contributed by atoms with van der Waals surface area (Å²) in [4.78, 5) is 0. The van der Waals surface area contributed by atoms with Crippen LogP contribution in [-0.2, 0) is 0 Å². The summed E-state index contributed by atoms with van der Waals surface area (Å²) in [6, 6.07) is 0. The Morgan fingerprint density at radius 3 is 2.25 bits per heavy atom. The molecule has 12 heavy (non-hydrogen) atoms. The Morgan fingerprint density at radius 2 is 1.75 bits per heavy atom. The average Bonchev–Trinajstić information content (AvgIpc) is 2.85. The number of rotatable bonds is 7. The molecule has 0 atom stereocenters. The first-order chi connectivity index (χ1) is 5.83. The largest absolute Gasteiger partial charge is 0.330 e. The lowest BCUT2D eigenvalue weighted by Crippen LogP contribution is -2.14. The van der Waals surface area contributed by atoms with E-state index in [0.29, 0.717) is 5.41 Å². The second-order valence-electron chi connectivity index (χ2n) is 4.37. The molecule has 0 aliphatic heterocycles. The predicted octanol–water partition coefficient (Wildman–Crippen LogP) is 3.09. The molecule has 0 heterocycles. The molecule has 0 aromatic carbocycles. The van der Waals surface area contributed by atoms with Gasteiger partial charge in [-0.25, -0.2) is 0 Å². The minimum atomic E-state index is 0.617. The molecule has 0 radical (unpaired) electrons. The van der Waals surface area contributed by atoms with Gasteiger partial charge in [-0.2, -0.15) is 0 Å². The van der Waals surface area contributed by atoms with E-state index in [9.17, 15) is 0 Å². The molecule has 0 unspecified atom stereocenters. The maximum atomic E-state index is 5.71. The Kier molecular flexibility index (Phi) is 4.07. The lowest BCUT2D eigenvalue weighted by Gasteiger charge is -2.10. The van der Waals surface area contributed by atoms with E-state index in [4.69, 9.17) is 5.73 Å². The van der Waals surface area contributed by atoms with Gasteiger partial charge in [-0.1, -0.05) is 39.0 Å². The SMILES string of the molecule is CCCCCCCC1(CN)CC1. The van der Waals surface area contributed by atoms with Crippen molar-refractivity contribution in [1.82, 2.24) is 0 Å². The summed E-state index contributed by atoms with van der Waals surface area (Å²) < 4.78 is 0. The second-order valence-corrected chi connectivity index (χ2v) is 4.37. The van der Waals surface area contributed by atoms with Gasteiger partial charge in [-0.3, -0.25) is 0 Å². The fourth-order valence-electron chi connectivity index (χ4n) is 1.84. The molecule has 1 fully saturated rings. The van der Waals surface area contributed by atoms with Crippen LogP contribution in [0, 0.1) is 5.41 Å². The van der Waals surface area contributed by atoms with Crippen molar-refractivity contribution in [3.05, 3.63) is 0 Å². The van der Waals surface area contributed by atoms with Crippen molar-refractivity contribution in [1.29, 1.82) is 0 Å². The van der Waals surface area contributed by atoms with Crippen LogP contribution in [0.3, 0.4) is 0 Å². The number of hydrogen-bond acceptors (Lipinski definition) is 1. The van der Waals surface area contributed by atoms with E-state index < -0.39 is 0 Å². The molecule has 0 bridgehead atoms. The third kappa shape index (κ3) is 3.14. The van der Waals surface area contributed by atoms with Gasteiger partial charge < -0.3 is 5.73 Å². The van der Waals surface area contributed by atoms with Gasteiger partial charge in [-0.15, -0.1) is 0 Å². The van der Waals surface area contributed by atoms with Crippen molar-refractivity contribution in [2.75, 3.05) is 6.54 Å². The van der Waals surface area contributed by atoms with E-state index in [1.54, 1.807) is 0 Å². The van der Waals surface area contributed by atoms with Gasteiger partial charge in [-0.05, 0) is 31.2 Å². The van der Waals surface area contributed by atoms with Crippen LogP contribution in [0.1, 0.15) is 58.3 Å². The first kappa shape index (κ1) is 10.0. The fourth-order valence-corrected chi connectivity index (χ4v) is 1.84. The standard InChI is InChI=1S/C11H23N/c1-2-3-4-5-6-7-11(10-12)8-9-11/h2-10,12H2,1H3. The van der Waals surface area contributed by atoms with Gasteiger partial charge in [0.2, 0.25) is 0 Å². The summed E-state index contributed by atoms with van der Waals surface area (Å²) >= 11 is 0. The van der Waals surface area contributed by atoms with E-state index >= 15 is 0 Å². The zero-order valence-electron chi connectivity index (χ0n) is 8.44. The van der Waals surface area contributed by atoms with E-state index in [1.165, 1.54) is 51.4 Å². The Bertz CT molecular complexity index is 116. The summed E-state index contributed by atoms with van der Waals surface area (Å²) in [7, 11) is 0. The molecule has 1 aliphatic carbocycles. The highest BCUT2D eigenvalue weighted by atomic mass is 14.6. The number of hydrogen-bond donors (Lipinski definition) is 1. The van der Waals surface area contributed by atoms with Crippen LogP contribution >= 0.6 is 0 Å². The first-order valence-electron chi connectivity index (χ1n) is 5.53. The lowest BCUT2D eigenvalue weighted by molar-refractivity contribution is 0.442. The maximum Gasteiger partial charge on any atom is -0.00205 e. The summed E-state index contributed by atoms with van der Waals surface area (Å²) in [5.74, 6) is 0. The molecular weight excluding hydrogens is 146 g/mol. The third-order valence-electron chi connectivity index (χ3n) is 3.20. The molecule has 0 aromatic heterocycles. The second kappa shape index (κ2) is 4.86. The van der Waals surface area contributed by atoms with Crippen LogP contribution in [0.25, 0.3) is 0 Å². The van der Waals surface area contributed by atoms with Crippen molar-refractivity contribution in [3.8, 4) is 0 Å². The van der Waals surface area contributed by atoms with Crippen molar-refractivity contribution in [2.24, 2.45) is 11.1 Å². The molecule has 2 N–H and O–H groups in total. The highest BCUT2D eigenvalue weighted by Gasteiger charge is 2.39. The Morgan fingerprint density at radius 1 is 1.08 bits per heavy atom. The topological polar surface area (TPSA) is 26.0 Å². The number of nitrogens with two attached hydrogens (primary N) is 1. The highest BCUT2D eigenvalue weighted by Crippen LogP contribution is 2.48. The van der Waals surface area contributed by atoms with Gasteiger partial charge in [0.1, 0.15) is 0 Å². The zero-order chi connectivity index (χ0) is 8.86. The summed E-state index contributed by atoms with van der Waals surface area (Å²) in [5.41, 5.74) is 6.33. The molecule has 1 nitrogen and oxygen atoms in total. The fraction of sp³-hybridized carbons (Fsp3) is 1.00. The molecule has 1 saturated carbocycles. The molecule has 0 aromatic rings. The first-order valence-corrected chi connectivity index (χ1v) is 5.53. The quantitative estimate of drug-likeness (QED) is 0.582. The summed E-state index contributed by atoms with van der Waals surface area (Å²) in [6.07, 6.45) is 11.2. The molecule has 72 valence electrons. The van der Waals surface area contributed by atoms with Crippen molar-refractivity contribution in [2.45, 2.75) is 58.3 Å². The van der Waals surface area contributed by atoms with Crippen molar-refractivity contribution < 1.29 is 0 Å². The van der Waals surface area contributed by atoms with Crippen LogP contribution in [0.5, 0.6) is 0 Å². The monoisotopic (exact) mass is 169 g/mol. The van der Waals surface area contributed by atoms with Gasteiger partial charge in [0.05, 0.1) is 0 Å². The van der Waals surface area contributed by atoms with Crippen LogP contribution in [0.4, 0.5) is 0 Å². The maximum absolute atomic E-state index is 5.71. The molecule has 0 spiro atoms. The minimum absolute atomic E-state index is 0.617. The van der Waals surface area contributed by atoms with Gasteiger partial charge in [0.15, 0.2) is 0 Å². The van der Waals surface area contributed by atoms with E-state index in [0.717, 1.165) is 6.54 Å². The molecular formula is C11H23N. The van der Waals surface area contributed by atoms with E-state index in [1.807, 2.05) is 0 Å². The van der Waals surface area contributed by atoms with Crippen LogP contribution in [0.2, 0.25) is 0 Å². The molecule has 1 heteroatoms. The van der Waals surface area contributed by atoms with E-state index in [-0.39, 0.29) is 0 Å². The average molecular weight is 169 g/mol. The molecule has 0 saturated heterocycles. The Labute approximate surface area is 76.7 Å². The zero-order valence-corrected chi connectivity index (χ0v) is 8.44. The molecule has 1 rings (SSSR count). The Balaban J connectivity index is 1.89. The summed E-state index contributed by atoms with van der Waals surface area (Å²) in [5, 5.41) is 0. The highest BCUT2D eigenvalue weighted by molar-refractivity contribution is 4.93. The van der Waals surface area contributed by atoms with Gasteiger partial charge in [0.25, 0.3) is 0 Å². The molecule has 1 aliphatic rings. The predicted molar refractivity (Wildman–Crippen MR) is 54.1 cm³/mol. The van der Waals surface area contributed by atoms with Gasteiger partial charge in [0, 0.05) is 0 Å². The van der Waals surface area contributed by atoms with Crippen molar-refractivity contribution >= 4 is 0 Å².